The highest BCUT2D eigenvalue weighted by molar-refractivity contribution is 5.80. The quantitative estimate of drug-likeness (QED) is 0.659. The first-order chi connectivity index (χ1) is 13.6. The van der Waals surface area contributed by atoms with Crippen LogP contribution in [-0.2, 0) is 9.53 Å². The highest BCUT2D eigenvalue weighted by atomic mass is 16.6. The molecule has 2 saturated heterocycles. The van der Waals surface area contributed by atoms with E-state index in [1.54, 1.807) is 0 Å². The third-order valence-electron chi connectivity index (χ3n) is 8.43. The zero-order valence-electron chi connectivity index (χ0n) is 17.9. The Labute approximate surface area is 171 Å². The molecule has 4 heteroatoms. The highest BCUT2D eigenvalue weighted by Gasteiger charge is 2.53. The van der Waals surface area contributed by atoms with Gasteiger partial charge in [-0.05, 0) is 76.2 Å². The molecule has 160 valence electrons. The van der Waals surface area contributed by atoms with E-state index in [4.69, 9.17) is 4.74 Å². The fourth-order valence-corrected chi connectivity index (χ4v) is 6.95. The summed E-state index contributed by atoms with van der Waals surface area (Å²) in [5, 5.41) is 11.9. The maximum Gasteiger partial charge on any atom is 0.339 e. The van der Waals surface area contributed by atoms with Crippen molar-refractivity contribution in [3.8, 4) is 0 Å². The van der Waals surface area contributed by atoms with E-state index in [1.807, 2.05) is 0 Å². The molecule has 2 saturated carbocycles. The maximum atomic E-state index is 13.6. The minimum Gasteiger partial charge on any atom is -0.459 e. The van der Waals surface area contributed by atoms with Crippen LogP contribution in [0.4, 0.5) is 0 Å². The summed E-state index contributed by atoms with van der Waals surface area (Å²) in [6.45, 7) is 3.35. The molecule has 0 amide bonds. The second kappa shape index (κ2) is 9.04. The number of carbonyl (C=O) groups is 1. The lowest BCUT2D eigenvalue weighted by Gasteiger charge is -2.45. The number of carbonyl (C=O) groups excluding carboxylic acids is 1. The van der Waals surface area contributed by atoms with Crippen molar-refractivity contribution in [1.29, 1.82) is 0 Å². The molecule has 3 atom stereocenters. The van der Waals surface area contributed by atoms with Crippen molar-refractivity contribution >= 4 is 5.97 Å². The van der Waals surface area contributed by atoms with Crippen molar-refractivity contribution in [2.75, 3.05) is 6.54 Å². The Morgan fingerprint density at radius 2 is 1.46 bits per heavy atom. The Morgan fingerprint density at radius 1 is 0.893 bits per heavy atom. The SMILES string of the molecule is CCCN1[C@@H]2CC[C@@H]1[C@H](OC(=O)C(O)(C1CCCCC1)C1CCCCC1)CC2. The monoisotopic (exact) mass is 391 g/mol. The first-order valence-electron chi connectivity index (χ1n) is 12.3. The molecule has 1 N–H and O–H groups in total. The summed E-state index contributed by atoms with van der Waals surface area (Å²) >= 11 is 0. The van der Waals surface area contributed by atoms with Gasteiger partial charge in [-0.15, -0.1) is 0 Å². The van der Waals surface area contributed by atoms with Gasteiger partial charge in [0.1, 0.15) is 6.10 Å². The molecule has 4 nitrogen and oxygen atoms in total. The fourth-order valence-electron chi connectivity index (χ4n) is 6.95. The van der Waals surface area contributed by atoms with Crippen LogP contribution < -0.4 is 0 Å². The van der Waals surface area contributed by atoms with E-state index in [0.717, 1.165) is 83.6 Å². The molecule has 0 radical (unpaired) electrons. The number of rotatable bonds is 6. The molecule has 4 aliphatic rings. The third-order valence-corrected chi connectivity index (χ3v) is 8.43. The molecule has 2 aliphatic heterocycles. The molecular formula is C24H41NO3. The second-order valence-corrected chi connectivity index (χ2v) is 10.1. The molecule has 4 fully saturated rings. The van der Waals surface area contributed by atoms with Crippen LogP contribution in [0.2, 0.25) is 0 Å². The number of nitrogens with zero attached hydrogens (tertiary/aromatic N) is 1. The van der Waals surface area contributed by atoms with Gasteiger partial charge < -0.3 is 9.84 Å². The Morgan fingerprint density at radius 3 is 2.04 bits per heavy atom. The molecule has 0 aromatic heterocycles. The van der Waals surface area contributed by atoms with Crippen molar-refractivity contribution in [2.45, 2.75) is 127 Å². The number of hydrogen-bond donors (Lipinski definition) is 1. The van der Waals surface area contributed by atoms with Crippen molar-refractivity contribution in [2.24, 2.45) is 11.8 Å². The molecule has 0 spiro atoms. The van der Waals surface area contributed by atoms with Gasteiger partial charge in [0.05, 0.1) is 0 Å². The molecule has 2 bridgehead atoms. The van der Waals surface area contributed by atoms with Crippen molar-refractivity contribution in [3.05, 3.63) is 0 Å². The standard InChI is InChI=1S/C24H41NO3/c1-2-17-25-20-13-15-21(25)22(16-14-20)28-23(26)24(27,18-9-5-3-6-10-18)19-11-7-4-8-12-19/h18-22,27H,2-17H2,1H3/t20-,21-,22-/m1/s1. The van der Waals surface area contributed by atoms with Gasteiger partial charge >= 0.3 is 5.97 Å². The predicted molar refractivity (Wildman–Crippen MR) is 111 cm³/mol. The van der Waals surface area contributed by atoms with E-state index in [9.17, 15) is 9.90 Å². The van der Waals surface area contributed by atoms with Crippen LogP contribution in [0.15, 0.2) is 0 Å². The summed E-state index contributed by atoms with van der Waals surface area (Å²) in [7, 11) is 0. The van der Waals surface area contributed by atoms with Gasteiger partial charge in [0.2, 0.25) is 0 Å². The summed E-state index contributed by atoms with van der Waals surface area (Å²) in [6.07, 6.45) is 16.6. The Balaban J connectivity index is 1.50. The van der Waals surface area contributed by atoms with Crippen molar-refractivity contribution in [3.63, 3.8) is 0 Å². The van der Waals surface area contributed by atoms with Crippen molar-refractivity contribution in [1.82, 2.24) is 4.90 Å². The number of esters is 1. The van der Waals surface area contributed by atoms with Gasteiger partial charge in [-0.2, -0.15) is 0 Å². The van der Waals surface area contributed by atoms with Crippen LogP contribution in [-0.4, -0.2) is 46.3 Å². The summed E-state index contributed by atoms with van der Waals surface area (Å²) in [5.74, 6) is -0.0647. The third kappa shape index (κ3) is 3.88. The normalized spacial score (nSPS) is 33.1. The average Bonchev–Trinajstić information content (AvgIpc) is 3.02. The van der Waals surface area contributed by atoms with Gasteiger partial charge in [-0.3, -0.25) is 4.90 Å². The average molecular weight is 392 g/mol. The Kier molecular flexibility index (Phi) is 6.67. The van der Waals surface area contributed by atoms with E-state index >= 15 is 0 Å². The first kappa shape index (κ1) is 20.7. The van der Waals surface area contributed by atoms with Gasteiger partial charge in [-0.25, -0.2) is 4.79 Å². The smallest absolute Gasteiger partial charge is 0.339 e. The van der Waals surface area contributed by atoms with Crippen LogP contribution in [0.25, 0.3) is 0 Å². The lowest BCUT2D eigenvalue weighted by Crippen LogP contribution is -2.57. The Bertz CT molecular complexity index is 506. The second-order valence-electron chi connectivity index (χ2n) is 10.1. The minimum absolute atomic E-state index is 0.0171. The van der Waals surface area contributed by atoms with E-state index < -0.39 is 5.60 Å². The Hall–Kier alpha value is -0.610. The molecule has 0 unspecified atom stereocenters. The lowest BCUT2D eigenvalue weighted by molar-refractivity contribution is -0.194. The number of fused-ring (bicyclic) bond motifs is 2. The van der Waals surface area contributed by atoms with E-state index in [1.165, 1.54) is 19.3 Å². The van der Waals surface area contributed by atoms with Gasteiger partial charge in [-0.1, -0.05) is 45.4 Å². The zero-order chi connectivity index (χ0) is 19.6. The van der Waals surface area contributed by atoms with Crippen LogP contribution in [0.3, 0.4) is 0 Å². The topological polar surface area (TPSA) is 49.8 Å². The predicted octanol–water partition coefficient (Wildman–Crippen LogP) is 4.83. The number of piperidine rings is 1. The molecule has 2 aliphatic carbocycles. The summed E-state index contributed by atoms with van der Waals surface area (Å²) < 4.78 is 6.24. The maximum absolute atomic E-state index is 13.6. The number of hydrogen-bond acceptors (Lipinski definition) is 4. The zero-order valence-corrected chi connectivity index (χ0v) is 17.9. The highest BCUT2D eigenvalue weighted by Crippen LogP contribution is 2.45. The number of ether oxygens (including phenoxy) is 1. The van der Waals surface area contributed by atoms with E-state index in [-0.39, 0.29) is 23.9 Å². The summed E-state index contributed by atoms with van der Waals surface area (Å²) in [5.41, 5.74) is -1.24. The van der Waals surface area contributed by atoms with Crippen LogP contribution >= 0.6 is 0 Å². The lowest BCUT2D eigenvalue weighted by atomic mass is 9.66. The van der Waals surface area contributed by atoms with Gasteiger partial charge in [0.15, 0.2) is 5.60 Å². The van der Waals surface area contributed by atoms with Crippen LogP contribution in [0.1, 0.15) is 103 Å². The largest absolute Gasteiger partial charge is 0.459 e. The van der Waals surface area contributed by atoms with E-state index in [0.29, 0.717) is 12.1 Å². The number of aliphatic hydroxyl groups is 1. The fraction of sp³-hybridized carbons (Fsp3) is 0.958. The molecule has 0 aromatic carbocycles. The van der Waals surface area contributed by atoms with Gasteiger partial charge in [0.25, 0.3) is 0 Å². The van der Waals surface area contributed by atoms with Gasteiger partial charge in [0, 0.05) is 12.1 Å². The van der Waals surface area contributed by atoms with Crippen LogP contribution in [0.5, 0.6) is 0 Å². The summed E-state index contributed by atoms with van der Waals surface area (Å²) in [6, 6.07) is 1.07. The van der Waals surface area contributed by atoms with E-state index in [2.05, 4.69) is 11.8 Å². The molecular weight excluding hydrogens is 350 g/mol. The van der Waals surface area contributed by atoms with Crippen molar-refractivity contribution < 1.29 is 14.6 Å². The first-order valence-corrected chi connectivity index (χ1v) is 12.3. The minimum atomic E-state index is -1.24. The summed E-state index contributed by atoms with van der Waals surface area (Å²) in [4.78, 5) is 16.2. The van der Waals surface area contributed by atoms with Crippen LogP contribution in [0, 0.1) is 11.8 Å². The molecule has 2 heterocycles. The molecule has 4 rings (SSSR count). The molecule has 28 heavy (non-hydrogen) atoms. The molecule has 0 aromatic rings.